The summed E-state index contributed by atoms with van der Waals surface area (Å²) in [5.74, 6) is -1.68. The van der Waals surface area contributed by atoms with E-state index >= 15 is 0 Å². The molecule has 1 fully saturated rings. The number of nitro groups is 1. The number of halogens is 1. The summed E-state index contributed by atoms with van der Waals surface area (Å²) >= 11 is 0. The van der Waals surface area contributed by atoms with E-state index in [4.69, 9.17) is 0 Å². The second kappa shape index (κ2) is 8.88. The number of carbonyl (C=O) groups is 1. The van der Waals surface area contributed by atoms with Crippen LogP contribution in [0.2, 0.25) is 0 Å². The first kappa shape index (κ1) is 21.8. The first-order chi connectivity index (χ1) is 14.2. The van der Waals surface area contributed by atoms with E-state index in [-0.39, 0.29) is 22.2 Å². The monoisotopic (exact) mass is 435 g/mol. The van der Waals surface area contributed by atoms with E-state index in [0.717, 1.165) is 44.2 Å². The summed E-state index contributed by atoms with van der Waals surface area (Å²) in [4.78, 5) is 22.5. The van der Waals surface area contributed by atoms with Gasteiger partial charge in [-0.1, -0.05) is 25.3 Å². The molecular formula is C20H22FN3O5S. The first-order valence-corrected chi connectivity index (χ1v) is 11.0. The number of benzene rings is 2. The molecule has 0 aliphatic heterocycles. The van der Waals surface area contributed by atoms with Crippen LogP contribution >= 0.6 is 0 Å². The lowest BCUT2D eigenvalue weighted by Crippen LogP contribution is -2.38. The summed E-state index contributed by atoms with van der Waals surface area (Å²) in [6.45, 7) is 0. The predicted octanol–water partition coefficient (Wildman–Crippen LogP) is 3.94. The number of nitrogens with one attached hydrogen (secondary N) is 1. The van der Waals surface area contributed by atoms with Gasteiger partial charge in [-0.3, -0.25) is 14.9 Å². The molecule has 160 valence electrons. The highest BCUT2D eigenvalue weighted by molar-refractivity contribution is 7.89. The van der Waals surface area contributed by atoms with Crippen LogP contribution in [-0.2, 0) is 10.0 Å². The Bertz CT molecular complexity index is 1070. The molecule has 0 heterocycles. The van der Waals surface area contributed by atoms with Crippen LogP contribution in [0.15, 0.2) is 47.4 Å². The second-order valence-electron chi connectivity index (χ2n) is 7.22. The van der Waals surface area contributed by atoms with Crippen LogP contribution in [0.3, 0.4) is 0 Å². The van der Waals surface area contributed by atoms with Crippen LogP contribution in [0.5, 0.6) is 0 Å². The Morgan fingerprint density at radius 3 is 2.53 bits per heavy atom. The molecular weight excluding hydrogens is 413 g/mol. The van der Waals surface area contributed by atoms with E-state index in [1.165, 1.54) is 34.6 Å². The summed E-state index contributed by atoms with van der Waals surface area (Å²) in [7, 11) is -2.23. The fourth-order valence-electron chi connectivity index (χ4n) is 3.54. The zero-order valence-electron chi connectivity index (χ0n) is 16.4. The highest BCUT2D eigenvalue weighted by Gasteiger charge is 2.29. The second-order valence-corrected chi connectivity index (χ2v) is 9.22. The molecule has 1 saturated carbocycles. The van der Waals surface area contributed by atoms with Crippen LogP contribution in [0.25, 0.3) is 0 Å². The number of hydrogen-bond donors (Lipinski definition) is 1. The molecule has 1 aliphatic rings. The third-order valence-electron chi connectivity index (χ3n) is 5.26. The van der Waals surface area contributed by atoms with Crippen molar-refractivity contribution in [2.45, 2.75) is 43.0 Å². The van der Waals surface area contributed by atoms with Gasteiger partial charge < -0.3 is 5.32 Å². The lowest BCUT2D eigenvalue weighted by Gasteiger charge is -2.30. The van der Waals surface area contributed by atoms with E-state index in [1.54, 1.807) is 7.05 Å². The zero-order valence-corrected chi connectivity index (χ0v) is 17.2. The Balaban J connectivity index is 1.81. The van der Waals surface area contributed by atoms with Crippen LogP contribution in [0, 0.1) is 15.9 Å². The maximum absolute atomic E-state index is 13.5. The number of rotatable bonds is 6. The van der Waals surface area contributed by atoms with Gasteiger partial charge in [0.05, 0.1) is 9.82 Å². The molecule has 0 radical (unpaired) electrons. The van der Waals surface area contributed by atoms with Crippen LogP contribution in [0.1, 0.15) is 42.5 Å². The van der Waals surface area contributed by atoms with Gasteiger partial charge in [-0.15, -0.1) is 0 Å². The normalized spacial score (nSPS) is 15.2. The van der Waals surface area contributed by atoms with Crippen molar-refractivity contribution in [3.05, 3.63) is 64.0 Å². The smallest absolute Gasteiger partial charge is 0.306 e. The number of nitro benzene ring substituents is 1. The Labute approximate surface area is 173 Å². The van der Waals surface area contributed by atoms with Crippen molar-refractivity contribution in [3.8, 4) is 0 Å². The molecule has 1 aliphatic carbocycles. The molecule has 1 amide bonds. The van der Waals surface area contributed by atoms with Crippen molar-refractivity contribution in [3.63, 3.8) is 0 Å². The molecule has 0 aromatic heterocycles. The van der Waals surface area contributed by atoms with Gasteiger partial charge in [0.2, 0.25) is 15.8 Å². The molecule has 30 heavy (non-hydrogen) atoms. The molecule has 1 N–H and O–H groups in total. The van der Waals surface area contributed by atoms with Crippen molar-refractivity contribution in [1.82, 2.24) is 4.31 Å². The fourth-order valence-corrected chi connectivity index (χ4v) is 5.00. The topological polar surface area (TPSA) is 110 Å². The van der Waals surface area contributed by atoms with E-state index in [0.29, 0.717) is 0 Å². The Morgan fingerprint density at radius 1 is 1.17 bits per heavy atom. The molecule has 8 nitrogen and oxygen atoms in total. The first-order valence-electron chi connectivity index (χ1n) is 9.53. The molecule has 0 unspecified atom stereocenters. The lowest BCUT2D eigenvalue weighted by atomic mass is 9.96. The third kappa shape index (κ3) is 4.65. The summed E-state index contributed by atoms with van der Waals surface area (Å²) in [6, 6.07) is 8.50. The van der Waals surface area contributed by atoms with Crippen molar-refractivity contribution >= 4 is 27.3 Å². The SMILES string of the molecule is CN(C1CCCCC1)S(=O)(=O)c1cccc(C(=O)Nc2ccc(F)c([N+](=O)[O-])c2)c1. The quantitative estimate of drug-likeness (QED) is 0.546. The number of anilines is 1. The lowest BCUT2D eigenvalue weighted by molar-refractivity contribution is -0.387. The Hall–Kier alpha value is -2.85. The van der Waals surface area contributed by atoms with Crippen LogP contribution < -0.4 is 5.32 Å². The van der Waals surface area contributed by atoms with Crippen LogP contribution in [-0.4, -0.2) is 36.6 Å². The number of carbonyl (C=O) groups excluding carboxylic acids is 1. The minimum Gasteiger partial charge on any atom is -0.322 e. The van der Waals surface area contributed by atoms with Crippen molar-refractivity contribution in [1.29, 1.82) is 0 Å². The van der Waals surface area contributed by atoms with E-state index < -0.39 is 32.4 Å². The average molecular weight is 435 g/mol. The van der Waals surface area contributed by atoms with Gasteiger partial charge in [-0.25, -0.2) is 8.42 Å². The molecule has 0 saturated heterocycles. The largest absolute Gasteiger partial charge is 0.322 e. The number of hydrogen-bond acceptors (Lipinski definition) is 5. The maximum atomic E-state index is 13.5. The summed E-state index contributed by atoms with van der Waals surface area (Å²) in [5, 5.41) is 13.3. The molecule has 10 heteroatoms. The summed E-state index contributed by atoms with van der Waals surface area (Å²) in [6.07, 6.45) is 4.67. The van der Waals surface area contributed by atoms with E-state index in [1.807, 2.05) is 0 Å². The van der Waals surface area contributed by atoms with Gasteiger partial charge in [0.25, 0.3) is 5.91 Å². The molecule has 0 atom stereocenters. The number of nitrogens with zero attached hydrogens (tertiary/aromatic N) is 2. The van der Waals surface area contributed by atoms with Gasteiger partial charge in [0.1, 0.15) is 0 Å². The summed E-state index contributed by atoms with van der Waals surface area (Å²) in [5.41, 5.74) is -0.668. The molecule has 0 spiro atoms. The number of amides is 1. The Morgan fingerprint density at radius 2 is 1.87 bits per heavy atom. The Kier molecular flexibility index (Phi) is 6.47. The summed E-state index contributed by atoms with van der Waals surface area (Å²) < 4.78 is 40.8. The molecule has 2 aromatic carbocycles. The zero-order chi connectivity index (χ0) is 21.9. The van der Waals surface area contributed by atoms with Gasteiger partial charge >= 0.3 is 5.69 Å². The third-order valence-corrected chi connectivity index (χ3v) is 7.17. The minimum absolute atomic E-state index is 0.00619. The maximum Gasteiger partial charge on any atom is 0.306 e. The average Bonchev–Trinajstić information content (AvgIpc) is 2.75. The van der Waals surface area contributed by atoms with Gasteiger partial charge in [-0.05, 0) is 43.2 Å². The molecule has 0 bridgehead atoms. The van der Waals surface area contributed by atoms with Crippen molar-refractivity contribution in [2.24, 2.45) is 0 Å². The molecule has 3 rings (SSSR count). The van der Waals surface area contributed by atoms with E-state index in [2.05, 4.69) is 5.32 Å². The number of sulfonamides is 1. The van der Waals surface area contributed by atoms with Crippen molar-refractivity contribution < 1.29 is 22.5 Å². The predicted molar refractivity (Wildman–Crippen MR) is 109 cm³/mol. The van der Waals surface area contributed by atoms with Gasteiger partial charge in [0.15, 0.2) is 0 Å². The highest BCUT2D eigenvalue weighted by Crippen LogP contribution is 2.27. The minimum atomic E-state index is -3.78. The van der Waals surface area contributed by atoms with Crippen molar-refractivity contribution in [2.75, 3.05) is 12.4 Å². The van der Waals surface area contributed by atoms with E-state index in [9.17, 15) is 27.7 Å². The van der Waals surface area contributed by atoms with Gasteiger partial charge in [0, 0.05) is 30.4 Å². The highest BCUT2D eigenvalue weighted by atomic mass is 32.2. The van der Waals surface area contributed by atoms with Gasteiger partial charge in [-0.2, -0.15) is 8.70 Å². The standard InChI is InChI=1S/C20H22FN3O5S/c1-23(16-7-3-2-4-8-16)30(28,29)17-9-5-6-14(12-17)20(25)22-15-10-11-18(21)19(13-15)24(26)27/h5-6,9-13,16H,2-4,7-8H2,1H3,(H,22,25). The molecule has 2 aromatic rings. The fraction of sp³-hybridized carbons (Fsp3) is 0.350. The van der Waals surface area contributed by atoms with Crippen LogP contribution in [0.4, 0.5) is 15.8 Å².